The summed E-state index contributed by atoms with van der Waals surface area (Å²) in [7, 11) is 0. The first-order valence-electron chi connectivity index (χ1n) is 8.26. The molecule has 2 aromatic carbocycles. The first kappa shape index (κ1) is 17.8. The lowest BCUT2D eigenvalue weighted by molar-refractivity contribution is 0.0977. The largest absolute Gasteiger partial charge is 0.491 e. The number of carbonyl (C=O) groups is 1. The van der Waals surface area contributed by atoms with Crippen LogP contribution >= 0.6 is 12.2 Å². The fourth-order valence-electron chi connectivity index (χ4n) is 2.52. The summed E-state index contributed by atoms with van der Waals surface area (Å²) in [6.07, 6.45) is 1.75. The van der Waals surface area contributed by atoms with Crippen molar-refractivity contribution in [3.8, 4) is 5.75 Å². The van der Waals surface area contributed by atoms with E-state index in [2.05, 4.69) is 15.6 Å². The Bertz CT molecular complexity index is 951. The number of carbonyl (C=O) groups excluding carboxylic acids is 1. The van der Waals surface area contributed by atoms with Crippen LogP contribution in [0.3, 0.4) is 0 Å². The van der Waals surface area contributed by atoms with Gasteiger partial charge in [0.05, 0.1) is 17.3 Å². The molecule has 0 fully saturated rings. The van der Waals surface area contributed by atoms with Crippen molar-refractivity contribution < 1.29 is 9.53 Å². The number of hydrogen-bond donors (Lipinski definition) is 2. The molecule has 1 amide bonds. The Hall–Kier alpha value is -2.99. The summed E-state index contributed by atoms with van der Waals surface area (Å²) in [5.74, 6) is 0.342. The SMILES string of the molecule is CC(C)Oc1cccc(C(=O)NC(=S)Nc2cccc3cccnc23)c1. The second kappa shape index (κ2) is 7.93. The van der Waals surface area contributed by atoms with Gasteiger partial charge in [-0.05, 0) is 56.4 Å². The molecular formula is C20H19N3O2S. The maximum atomic E-state index is 12.4. The van der Waals surface area contributed by atoms with Gasteiger partial charge >= 0.3 is 0 Å². The molecule has 1 aromatic heterocycles. The fraction of sp³-hybridized carbons (Fsp3) is 0.150. The number of para-hydroxylation sites is 1. The van der Waals surface area contributed by atoms with Crippen molar-refractivity contribution in [2.24, 2.45) is 0 Å². The molecule has 0 unspecified atom stereocenters. The number of thiocarbonyl (C=S) groups is 1. The summed E-state index contributed by atoms with van der Waals surface area (Å²) in [5.41, 5.74) is 2.01. The number of pyridine rings is 1. The molecule has 0 aliphatic heterocycles. The maximum absolute atomic E-state index is 12.4. The van der Waals surface area contributed by atoms with Crippen molar-refractivity contribution in [1.82, 2.24) is 10.3 Å². The average molecular weight is 365 g/mol. The molecule has 0 atom stereocenters. The summed E-state index contributed by atoms with van der Waals surface area (Å²) in [5, 5.41) is 6.93. The molecule has 0 aliphatic rings. The molecule has 5 nitrogen and oxygen atoms in total. The number of amides is 1. The Morgan fingerprint density at radius 3 is 2.69 bits per heavy atom. The molecule has 6 heteroatoms. The van der Waals surface area contributed by atoms with Crippen LogP contribution in [0.25, 0.3) is 10.9 Å². The number of hydrogen-bond acceptors (Lipinski definition) is 4. The van der Waals surface area contributed by atoms with Gasteiger partial charge in [-0.1, -0.05) is 24.3 Å². The van der Waals surface area contributed by atoms with Gasteiger partial charge in [-0.25, -0.2) is 0 Å². The van der Waals surface area contributed by atoms with E-state index in [0.29, 0.717) is 11.3 Å². The summed E-state index contributed by atoms with van der Waals surface area (Å²) in [6, 6.07) is 16.6. The van der Waals surface area contributed by atoms with Crippen LogP contribution < -0.4 is 15.4 Å². The smallest absolute Gasteiger partial charge is 0.257 e. The highest BCUT2D eigenvalue weighted by atomic mass is 32.1. The topological polar surface area (TPSA) is 63.2 Å². The molecule has 0 bridgehead atoms. The third-order valence-electron chi connectivity index (χ3n) is 3.58. The number of fused-ring (bicyclic) bond motifs is 1. The fourth-order valence-corrected chi connectivity index (χ4v) is 2.72. The van der Waals surface area contributed by atoms with E-state index in [1.54, 1.807) is 24.4 Å². The molecule has 3 aromatic rings. The zero-order valence-corrected chi connectivity index (χ0v) is 15.3. The second-order valence-electron chi connectivity index (χ2n) is 5.98. The highest BCUT2D eigenvalue weighted by molar-refractivity contribution is 7.80. The summed E-state index contributed by atoms with van der Waals surface area (Å²) in [4.78, 5) is 16.8. The molecule has 1 heterocycles. The molecule has 0 saturated heterocycles. The Balaban J connectivity index is 1.70. The monoisotopic (exact) mass is 365 g/mol. The van der Waals surface area contributed by atoms with Crippen LogP contribution in [0.1, 0.15) is 24.2 Å². The van der Waals surface area contributed by atoms with E-state index in [0.717, 1.165) is 16.6 Å². The molecule has 0 aliphatic carbocycles. The number of ether oxygens (including phenoxy) is 1. The Morgan fingerprint density at radius 1 is 1.12 bits per heavy atom. The summed E-state index contributed by atoms with van der Waals surface area (Å²) in [6.45, 7) is 3.87. The first-order chi connectivity index (χ1) is 12.5. The first-order valence-corrected chi connectivity index (χ1v) is 8.66. The van der Waals surface area contributed by atoms with Crippen LogP contribution in [0.2, 0.25) is 0 Å². The lowest BCUT2D eigenvalue weighted by Gasteiger charge is -2.13. The van der Waals surface area contributed by atoms with E-state index >= 15 is 0 Å². The standard InChI is InChI=1S/C20H19N3O2S/c1-13(2)25-16-9-3-7-15(12-16)19(24)23-20(26)22-17-10-4-6-14-8-5-11-21-18(14)17/h3-13H,1-2H3,(H2,22,23,24,26). The van der Waals surface area contributed by atoms with E-state index in [1.165, 1.54) is 0 Å². The number of rotatable bonds is 4. The van der Waals surface area contributed by atoms with Gasteiger partial charge in [-0.3, -0.25) is 15.1 Å². The van der Waals surface area contributed by atoms with E-state index in [4.69, 9.17) is 17.0 Å². The van der Waals surface area contributed by atoms with Gasteiger partial charge in [-0.2, -0.15) is 0 Å². The molecule has 26 heavy (non-hydrogen) atoms. The zero-order valence-electron chi connectivity index (χ0n) is 14.5. The summed E-state index contributed by atoms with van der Waals surface area (Å²) >= 11 is 5.28. The third-order valence-corrected chi connectivity index (χ3v) is 3.78. The van der Waals surface area contributed by atoms with Gasteiger partial charge in [0, 0.05) is 17.1 Å². The Kier molecular flexibility index (Phi) is 5.43. The molecule has 3 rings (SSSR count). The zero-order chi connectivity index (χ0) is 18.5. The third kappa shape index (κ3) is 4.34. The lowest BCUT2D eigenvalue weighted by atomic mass is 10.2. The van der Waals surface area contributed by atoms with Gasteiger partial charge in [0.25, 0.3) is 5.91 Å². The number of benzene rings is 2. The van der Waals surface area contributed by atoms with Crippen molar-refractivity contribution in [3.05, 3.63) is 66.4 Å². The molecule has 0 spiro atoms. The molecular weight excluding hydrogens is 346 g/mol. The van der Waals surface area contributed by atoms with Crippen LogP contribution in [-0.4, -0.2) is 22.1 Å². The van der Waals surface area contributed by atoms with E-state index in [9.17, 15) is 4.79 Å². The van der Waals surface area contributed by atoms with Crippen LogP contribution in [0.15, 0.2) is 60.8 Å². The van der Waals surface area contributed by atoms with E-state index in [-0.39, 0.29) is 17.1 Å². The van der Waals surface area contributed by atoms with Gasteiger partial charge in [-0.15, -0.1) is 0 Å². The minimum absolute atomic E-state index is 0.0370. The van der Waals surface area contributed by atoms with Crippen LogP contribution in [0.4, 0.5) is 5.69 Å². The number of anilines is 1. The van der Waals surface area contributed by atoms with Crippen molar-refractivity contribution in [1.29, 1.82) is 0 Å². The predicted octanol–water partition coefficient (Wildman–Crippen LogP) is 4.15. The van der Waals surface area contributed by atoms with Crippen LogP contribution in [-0.2, 0) is 0 Å². The van der Waals surface area contributed by atoms with Gasteiger partial charge < -0.3 is 10.1 Å². The predicted molar refractivity (Wildman–Crippen MR) is 108 cm³/mol. The van der Waals surface area contributed by atoms with Crippen LogP contribution in [0, 0.1) is 0 Å². The van der Waals surface area contributed by atoms with E-state index in [1.807, 2.05) is 50.2 Å². The molecule has 2 N–H and O–H groups in total. The van der Waals surface area contributed by atoms with Crippen molar-refractivity contribution >= 4 is 39.8 Å². The highest BCUT2D eigenvalue weighted by Gasteiger charge is 2.11. The maximum Gasteiger partial charge on any atom is 0.257 e. The van der Waals surface area contributed by atoms with Gasteiger partial charge in [0.2, 0.25) is 0 Å². The number of aromatic nitrogens is 1. The number of nitrogens with one attached hydrogen (secondary N) is 2. The van der Waals surface area contributed by atoms with E-state index < -0.39 is 0 Å². The minimum atomic E-state index is -0.301. The second-order valence-corrected chi connectivity index (χ2v) is 6.39. The average Bonchev–Trinajstić information content (AvgIpc) is 2.61. The van der Waals surface area contributed by atoms with Crippen molar-refractivity contribution in [2.75, 3.05) is 5.32 Å². The number of nitrogens with zero attached hydrogens (tertiary/aromatic N) is 1. The quantitative estimate of drug-likeness (QED) is 0.680. The Labute approximate surface area is 157 Å². The van der Waals surface area contributed by atoms with Crippen molar-refractivity contribution in [3.63, 3.8) is 0 Å². The van der Waals surface area contributed by atoms with Gasteiger partial charge in [0.15, 0.2) is 5.11 Å². The van der Waals surface area contributed by atoms with Gasteiger partial charge in [0.1, 0.15) is 5.75 Å². The van der Waals surface area contributed by atoms with Crippen molar-refractivity contribution in [2.45, 2.75) is 20.0 Å². The highest BCUT2D eigenvalue weighted by Crippen LogP contribution is 2.20. The minimum Gasteiger partial charge on any atom is -0.491 e. The lowest BCUT2D eigenvalue weighted by Crippen LogP contribution is -2.34. The molecule has 132 valence electrons. The van der Waals surface area contributed by atoms with Crippen LogP contribution in [0.5, 0.6) is 5.75 Å². The molecule has 0 saturated carbocycles. The Morgan fingerprint density at radius 2 is 1.88 bits per heavy atom. The molecule has 0 radical (unpaired) electrons. The summed E-state index contributed by atoms with van der Waals surface area (Å²) < 4.78 is 5.62. The normalized spacial score (nSPS) is 10.6.